The Balaban J connectivity index is 1.47. The lowest BCUT2D eigenvalue weighted by atomic mass is 10.2. The van der Waals surface area contributed by atoms with Gasteiger partial charge in [0.1, 0.15) is 6.61 Å². The monoisotopic (exact) mass is 305 g/mol. The summed E-state index contributed by atoms with van der Waals surface area (Å²) in [6.45, 7) is 4.46. The third-order valence-corrected chi connectivity index (χ3v) is 4.06. The summed E-state index contributed by atoms with van der Waals surface area (Å²) in [5.74, 6) is 1.50. The summed E-state index contributed by atoms with van der Waals surface area (Å²) in [4.78, 5) is 16.4. The molecule has 3 rings (SSSR count). The van der Waals surface area contributed by atoms with E-state index < -0.39 is 0 Å². The maximum absolute atomic E-state index is 12.2. The van der Waals surface area contributed by atoms with Crippen molar-refractivity contribution in [3.05, 3.63) is 24.3 Å². The number of nitrogens with zero attached hydrogens (tertiary/aromatic N) is 2. The van der Waals surface area contributed by atoms with E-state index in [0.29, 0.717) is 13.2 Å². The van der Waals surface area contributed by atoms with E-state index in [-0.39, 0.29) is 12.1 Å². The molecule has 1 atom stereocenters. The average molecular weight is 305 g/mol. The normalized spacial score (nSPS) is 22.0. The fourth-order valence-electron chi connectivity index (χ4n) is 2.73. The first kappa shape index (κ1) is 15.0. The predicted molar refractivity (Wildman–Crippen MR) is 83.4 cm³/mol. The number of para-hydroxylation sites is 2. The Kier molecular flexibility index (Phi) is 4.68. The smallest absolute Gasteiger partial charge is 0.317 e. The Hall–Kier alpha value is -1.95. The van der Waals surface area contributed by atoms with Crippen molar-refractivity contribution >= 4 is 6.03 Å². The van der Waals surface area contributed by atoms with Crippen LogP contribution < -0.4 is 14.8 Å². The Labute approximate surface area is 131 Å². The summed E-state index contributed by atoms with van der Waals surface area (Å²) in [5.41, 5.74) is 0. The molecule has 0 aliphatic carbocycles. The van der Waals surface area contributed by atoms with Gasteiger partial charge in [-0.25, -0.2) is 4.79 Å². The molecule has 0 aromatic heterocycles. The molecule has 6 nitrogen and oxygen atoms in total. The maximum atomic E-state index is 12.2. The summed E-state index contributed by atoms with van der Waals surface area (Å²) in [6.07, 6.45) is 0.869. The first-order chi connectivity index (χ1) is 10.7. The Morgan fingerprint density at radius 2 is 2.05 bits per heavy atom. The van der Waals surface area contributed by atoms with E-state index in [9.17, 15) is 4.79 Å². The number of carbonyl (C=O) groups is 1. The van der Waals surface area contributed by atoms with Gasteiger partial charge in [0.15, 0.2) is 17.6 Å². The second kappa shape index (κ2) is 6.87. The lowest BCUT2D eigenvalue weighted by molar-refractivity contribution is 0.0902. The molecule has 1 aromatic carbocycles. The highest BCUT2D eigenvalue weighted by atomic mass is 16.6. The van der Waals surface area contributed by atoms with Crippen LogP contribution in [-0.4, -0.2) is 68.3 Å². The van der Waals surface area contributed by atoms with Crippen molar-refractivity contribution in [2.75, 3.05) is 46.4 Å². The predicted octanol–water partition coefficient (Wildman–Crippen LogP) is 1.17. The SMILES string of the molecule is CN1CCCN(C(=O)NC[C@H]2COc3ccccc3O2)CC1. The Morgan fingerprint density at radius 3 is 2.91 bits per heavy atom. The molecule has 2 aliphatic rings. The fraction of sp³-hybridized carbons (Fsp3) is 0.562. The van der Waals surface area contributed by atoms with E-state index >= 15 is 0 Å². The molecule has 1 fully saturated rings. The zero-order chi connectivity index (χ0) is 15.4. The summed E-state index contributed by atoms with van der Waals surface area (Å²) in [6, 6.07) is 7.58. The minimum Gasteiger partial charge on any atom is -0.486 e. The molecule has 22 heavy (non-hydrogen) atoms. The molecule has 2 heterocycles. The van der Waals surface area contributed by atoms with Gasteiger partial charge >= 0.3 is 6.03 Å². The second-order valence-corrected chi connectivity index (χ2v) is 5.83. The van der Waals surface area contributed by atoms with Gasteiger partial charge in [-0.3, -0.25) is 0 Å². The van der Waals surface area contributed by atoms with Crippen LogP contribution in [0.25, 0.3) is 0 Å². The molecule has 0 bridgehead atoms. The third-order valence-electron chi connectivity index (χ3n) is 4.06. The van der Waals surface area contributed by atoms with E-state index in [1.807, 2.05) is 29.2 Å². The Morgan fingerprint density at radius 1 is 1.23 bits per heavy atom. The standard InChI is InChI=1S/C16H23N3O3/c1-18-7-4-8-19(10-9-18)16(20)17-11-13-12-21-14-5-2-3-6-15(14)22-13/h2-3,5-6,13H,4,7-12H2,1H3,(H,17,20)/t13-/m0/s1. The van der Waals surface area contributed by atoms with E-state index in [0.717, 1.165) is 44.1 Å². The van der Waals surface area contributed by atoms with E-state index in [2.05, 4.69) is 17.3 Å². The van der Waals surface area contributed by atoms with Crippen molar-refractivity contribution in [1.29, 1.82) is 0 Å². The van der Waals surface area contributed by atoms with E-state index in [4.69, 9.17) is 9.47 Å². The number of ether oxygens (including phenoxy) is 2. The van der Waals surface area contributed by atoms with Crippen molar-refractivity contribution in [3.8, 4) is 11.5 Å². The summed E-state index contributed by atoms with van der Waals surface area (Å²) in [5, 5.41) is 2.96. The van der Waals surface area contributed by atoms with Crippen LogP contribution in [0.3, 0.4) is 0 Å². The van der Waals surface area contributed by atoms with Crippen molar-refractivity contribution in [3.63, 3.8) is 0 Å². The van der Waals surface area contributed by atoms with Crippen LogP contribution in [0, 0.1) is 0 Å². The average Bonchev–Trinajstić information content (AvgIpc) is 2.77. The first-order valence-electron chi connectivity index (χ1n) is 7.82. The number of nitrogens with one attached hydrogen (secondary N) is 1. The molecule has 1 aromatic rings. The van der Waals surface area contributed by atoms with Crippen molar-refractivity contribution in [2.45, 2.75) is 12.5 Å². The van der Waals surface area contributed by atoms with Gasteiger partial charge in [-0.15, -0.1) is 0 Å². The van der Waals surface area contributed by atoms with Crippen LogP contribution in [-0.2, 0) is 0 Å². The number of likely N-dealkylation sites (N-methyl/N-ethyl adjacent to an activating group) is 1. The molecular formula is C16H23N3O3. The van der Waals surface area contributed by atoms with Crippen molar-refractivity contribution in [1.82, 2.24) is 15.1 Å². The molecule has 2 aliphatic heterocycles. The van der Waals surface area contributed by atoms with Crippen LogP contribution in [0.4, 0.5) is 4.79 Å². The maximum Gasteiger partial charge on any atom is 0.317 e. The highest BCUT2D eigenvalue weighted by Crippen LogP contribution is 2.30. The number of rotatable bonds is 2. The topological polar surface area (TPSA) is 54.0 Å². The number of hydrogen-bond acceptors (Lipinski definition) is 4. The van der Waals surface area contributed by atoms with Gasteiger partial charge in [0.2, 0.25) is 0 Å². The molecule has 0 unspecified atom stereocenters. The molecule has 0 spiro atoms. The number of fused-ring (bicyclic) bond motifs is 1. The molecular weight excluding hydrogens is 282 g/mol. The molecule has 6 heteroatoms. The molecule has 0 radical (unpaired) electrons. The van der Waals surface area contributed by atoms with Gasteiger partial charge in [-0.05, 0) is 32.1 Å². The summed E-state index contributed by atoms with van der Waals surface area (Å²) < 4.78 is 11.5. The number of carbonyl (C=O) groups excluding carboxylic acids is 1. The fourth-order valence-corrected chi connectivity index (χ4v) is 2.73. The molecule has 1 N–H and O–H groups in total. The minimum atomic E-state index is -0.145. The van der Waals surface area contributed by atoms with E-state index in [1.54, 1.807) is 0 Å². The zero-order valence-corrected chi connectivity index (χ0v) is 13.0. The van der Waals surface area contributed by atoms with Crippen LogP contribution in [0.2, 0.25) is 0 Å². The van der Waals surface area contributed by atoms with Gasteiger partial charge in [-0.2, -0.15) is 0 Å². The first-order valence-corrected chi connectivity index (χ1v) is 7.82. The zero-order valence-electron chi connectivity index (χ0n) is 13.0. The lowest BCUT2D eigenvalue weighted by Gasteiger charge is -2.28. The number of urea groups is 1. The number of amides is 2. The lowest BCUT2D eigenvalue weighted by Crippen LogP contribution is -2.47. The third kappa shape index (κ3) is 3.62. The van der Waals surface area contributed by atoms with E-state index in [1.165, 1.54) is 0 Å². The van der Waals surface area contributed by atoms with Crippen LogP contribution in [0.5, 0.6) is 11.5 Å². The summed E-state index contributed by atoms with van der Waals surface area (Å²) in [7, 11) is 2.09. The van der Waals surface area contributed by atoms with Crippen molar-refractivity contribution < 1.29 is 14.3 Å². The quantitative estimate of drug-likeness (QED) is 0.891. The molecule has 120 valence electrons. The second-order valence-electron chi connectivity index (χ2n) is 5.83. The number of hydrogen-bond donors (Lipinski definition) is 1. The molecule has 0 saturated carbocycles. The summed E-state index contributed by atoms with van der Waals surface area (Å²) >= 11 is 0. The van der Waals surface area contributed by atoms with Crippen LogP contribution in [0.15, 0.2) is 24.3 Å². The largest absolute Gasteiger partial charge is 0.486 e. The van der Waals surface area contributed by atoms with Gasteiger partial charge < -0.3 is 24.6 Å². The molecule has 2 amide bonds. The van der Waals surface area contributed by atoms with Gasteiger partial charge in [0, 0.05) is 19.6 Å². The van der Waals surface area contributed by atoms with Crippen molar-refractivity contribution in [2.24, 2.45) is 0 Å². The highest BCUT2D eigenvalue weighted by Gasteiger charge is 2.23. The van der Waals surface area contributed by atoms with Gasteiger partial charge in [-0.1, -0.05) is 12.1 Å². The Bertz CT molecular complexity index is 523. The van der Waals surface area contributed by atoms with Gasteiger partial charge in [0.05, 0.1) is 6.54 Å². The van der Waals surface area contributed by atoms with Crippen LogP contribution in [0.1, 0.15) is 6.42 Å². The minimum absolute atomic E-state index is 0.0160. The molecule has 1 saturated heterocycles. The number of benzene rings is 1. The van der Waals surface area contributed by atoms with Gasteiger partial charge in [0.25, 0.3) is 0 Å². The highest BCUT2D eigenvalue weighted by molar-refractivity contribution is 5.74. The van der Waals surface area contributed by atoms with Crippen LogP contribution >= 0.6 is 0 Å².